The van der Waals surface area contributed by atoms with Crippen molar-refractivity contribution in [1.29, 1.82) is 0 Å². The fourth-order valence-electron chi connectivity index (χ4n) is 8.40. The minimum atomic E-state index is -0.662. The highest BCUT2D eigenvalue weighted by molar-refractivity contribution is 5.76. The Labute approximate surface area is 374 Å². The van der Waals surface area contributed by atoms with Gasteiger partial charge < -0.3 is 20.3 Å². The van der Waals surface area contributed by atoms with Gasteiger partial charge in [0.05, 0.1) is 25.4 Å². The number of esters is 1. The number of allylic oxidation sites excluding steroid dienone is 2. The number of aliphatic hydroxyl groups is 2. The summed E-state index contributed by atoms with van der Waals surface area (Å²) in [7, 11) is 0. The van der Waals surface area contributed by atoms with Crippen LogP contribution in [0.1, 0.15) is 296 Å². The number of hydrogen-bond acceptors (Lipinski definition) is 5. The lowest BCUT2D eigenvalue weighted by atomic mass is 10.0. The lowest BCUT2D eigenvalue weighted by molar-refractivity contribution is -0.143. The van der Waals surface area contributed by atoms with E-state index in [2.05, 4.69) is 31.3 Å². The molecular formula is C54H105NO5. The molecule has 356 valence electrons. The van der Waals surface area contributed by atoms with Crippen LogP contribution in [0.25, 0.3) is 0 Å². The van der Waals surface area contributed by atoms with E-state index >= 15 is 0 Å². The van der Waals surface area contributed by atoms with E-state index in [-0.39, 0.29) is 18.5 Å². The number of aliphatic hydroxyl groups excluding tert-OH is 2. The van der Waals surface area contributed by atoms with Crippen molar-refractivity contribution in [2.24, 2.45) is 0 Å². The van der Waals surface area contributed by atoms with Crippen LogP contribution >= 0.6 is 0 Å². The van der Waals surface area contributed by atoms with Gasteiger partial charge in [-0.05, 0) is 51.4 Å². The topological polar surface area (TPSA) is 95.9 Å². The minimum absolute atomic E-state index is 0.00190. The molecule has 6 heteroatoms. The third kappa shape index (κ3) is 46.1. The molecule has 6 nitrogen and oxygen atoms in total. The van der Waals surface area contributed by atoms with E-state index < -0.39 is 12.1 Å². The summed E-state index contributed by atoms with van der Waals surface area (Å²) in [4.78, 5) is 24.4. The second kappa shape index (κ2) is 50.2. The maximum absolute atomic E-state index is 12.4. The summed E-state index contributed by atoms with van der Waals surface area (Å²) in [5, 5.41) is 23.1. The molecule has 0 aromatic rings. The van der Waals surface area contributed by atoms with Gasteiger partial charge in [0.25, 0.3) is 0 Å². The van der Waals surface area contributed by atoms with Crippen molar-refractivity contribution in [1.82, 2.24) is 5.32 Å². The Balaban J connectivity index is 3.36. The van der Waals surface area contributed by atoms with Crippen LogP contribution in [0.3, 0.4) is 0 Å². The molecule has 1 amide bonds. The maximum atomic E-state index is 12.4. The molecule has 0 heterocycles. The first-order valence-electron chi connectivity index (χ1n) is 26.9. The lowest BCUT2D eigenvalue weighted by Crippen LogP contribution is -2.45. The molecule has 60 heavy (non-hydrogen) atoms. The molecule has 0 radical (unpaired) electrons. The van der Waals surface area contributed by atoms with E-state index in [1.807, 2.05) is 0 Å². The van der Waals surface area contributed by atoms with Gasteiger partial charge in [-0.2, -0.15) is 0 Å². The quantitative estimate of drug-likeness (QED) is 0.0322. The van der Waals surface area contributed by atoms with Crippen molar-refractivity contribution >= 4 is 11.9 Å². The first kappa shape index (κ1) is 58.6. The number of rotatable bonds is 50. The molecular weight excluding hydrogens is 743 g/mol. The average molecular weight is 848 g/mol. The van der Waals surface area contributed by atoms with Gasteiger partial charge in [-0.15, -0.1) is 0 Å². The molecule has 0 aromatic carbocycles. The molecule has 0 aliphatic rings. The van der Waals surface area contributed by atoms with Crippen LogP contribution < -0.4 is 5.32 Å². The third-order valence-corrected chi connectivity index (χ3v) is 12.6. The van der Waals surface area contributed by atoms with E-state index in [0.717, 1.165) is 44.9 Å². The molecule has 0 saturated carbocycles. The molecule has 0 saturated heterocycles. The molecule has 2 unspecified atom stereocenters. The van der Waals surface area contributed by atoms with Gasteiger partial charge in [0.1, 0.15) is 0 Å². The highest BCUT2D eigenvalue weighted by atomic mass is 16.5. The van der Waals surface area contributed by atoms with E-state index in [4.69, 9.17) is 4.74 Å². The second-order valence-electron chi connectivity index (χ2n) is 18.6. The van der Waals surface area contributed by atoms with Crippen LogP contribution in [0.4, 0.5) is 0 Å². The molecule has 0 aliphatic heterocycles. The van der Waals surface area contributed by atoms with Gasteiger partial charge in [-0.1, -0.05) is 244 Å². The van der Waals surface area contributed by atoms with Crippen molar-refractivity contribution in [2.75, 3.05) is 13.2 Å². The zero-order valence-corrected chi connectivity index (χ0v) is 40.5. The fraction of sp³-hybridized carbons (Fsp3) is 0.926. The van der Waals surface area contributed by atoms with Crippen molar-refractivity contribution < 1.29 is 24.5 Å². The van der Waals surface area contributed by atoms with Gasteiger partial charge in [0, 0.05) is 12.8 Å². The van der Waals surface area contributed by atoms with Crippen LogP contribution in [0.15, 0.2) is 12.2 Å². The predicted octanol–water partition coefficient (Wildman–Crippen LogP) is 16.1. The van der Waals surface area contributed by atoms with E-state index in [0.29, 0.717) is 25.9 Å². The van der Waals surface area contributed by atoms with Gasteiger partial charge in [-0.25, -0.2) is 0 Å². The Kier molecular flexibility index (Phi) is 49.1. The Bertz CT molecular complexity index is 893. The molecule has 2 atom stereocenters. The number of unbranched alkanes of at least 4 members (excludes halogenated alkanes) is 37. The third-order valence-electron chi connectivity index (χ3n) is 12.6. The van der Waals surface area contributed by atoms with Crippen molar-refractivity contribution in [3.63, 3.8) is 0 Å². The second-order valence-corrected chi connectivity index (χ2v) is 18.6. The summed E-state index contributed by atoms with van der Waals surface area (Å²) in [5.74, 6) is -0.0352. The van der Waals surface area contributed by atoms with Crippen molar-refractivity contribution in [3.05, 3.63) is 12.2 Å². The first-order chi connectivity index (χ1) is 29.5. The SMILES string of the molecule is CCCCC/C=C\CCCCCCCC(=O)OCCCCCCCCCCCCCCCCCCCCCCCC(=O)NC(CO)C(O)CCCCCCCCCCCC. The zero-order chi connectivity index (χ0) is 43.7. The Morgan fingerprint density at radius 2 is 0.783 bits per heavy atom. The van der Waals surface area contributed by atoms with Crippen molar-refractivity contribution in [3.8, 4) is 0 Å². The fourth-order valence-corrected chi connectivity index (χ4v) is 8.40. The molecule has 0 aliphatic carbocycles. The summed E-state index contributed by atoms with van der Waals surface area (Å²) < 4.78 is 5.46. The Hall–Kier alpha value is -1.40. The van der Waals surface area contributed by atoms with E-state index in [9.17, 15) is 19.8 Å². The Morgan fingerprint density at radius 3 is 1.22 bits per heavy atom. The largest absolute Gasteiger partial charge is 0.466 e. The zero-order valence-electron chi connectivity index (χ0n) is 40.5. The maximum Gasteiger partial charge on any atom is 0.305 e. The highest BCUT2D eigenvalue weighted by Crippen LogP contribution is 2.17. The lowest BCUT2D eigenvalue weighted by Gasteiger charge is -2.22. The number of nitrogens with one attached hydrogen (secondary N) is 1. The highest BCUT2D eigenvalue weighted by Gasteiger charge is 2.20. The monoisotopic (exact) mass is 848 g/mol. The number of carbonyl (C=O) groups excluding carboxylic acids is 2. The van der Waals surface area contributed by atoms with Crippen LogP contribution in [-0.4, -0.2) is 47.4 Å². The number of amides is 1. The summed E-state index contributed by atoms with van der Waals surface area (Å²) in [6, 6.07) is -0.539. The standard InChI is InChI=1S/C54H105NO5/c1-3-5-7-9-11-13-15-28-32-36-40-44-48-54(59)60-49-45-41-37-33-29-26-24-22-20-18-16-17-19-21-23-25-27-31-35-39-43-47-53(58)55-51(50-56)52(57)46-42-38-34-30-14-12-10-8-6-4-2/h11,13,51-52,56-57H,3-10,12,14-50H2,1-2H3,(H,55,58)/b13-11-. The minimum Gasteiger partial charge on any atom is -0.466 e. The van der Waals surface area contributed by atoms with Gasteiger partial charge in [-0.3, -0.25) is 9.59 Å². The number of ether oxygens (including phenoxy) is 1. The van der Waals surface area contributed by atoms with Crippen LogP contribution in [-0.2, 0) is 14.3 Å². The number of hydrogen-bond donors (Lipinski definition) is 3. The van der Waals surface area contributed by atoms with Gasteiger partial charge in [0.2, 0.25) is 5.91 Å². The molecule has 0 aromatic heterocycles. The van der Waals surface area contributed by atoms with E-state index in [1.54, 1.807) is 0 Å². The first-order valence-corrected chi connectivity index (χ1v) is 26.9. The normalized spacial score (nSPS) is 12.7. The summed E-state index contributed by atoms with van der Waals surface area (Å²) in [5.41, 5.74) is 0. The van der Waals surface area contributed by atoms with Gasteiger partial charge >= 0.3 is 5.97 Å². The molecule has 0 bridgehead atoms. The van der Waals surface area contributed by atoms with E-state index in [1.165, 1.54) is 218 Å². The smallest absolute Gasteiger partial charge is 0.305 e. The Morgan fingerprint density at radius 1 is 0.450 bits per heavy atom. The molecule has 0 spiro atoms. The molecule has 0 fully saturated rings. The van der Waals surface area contributed by atoms with Crippen LogP contribution in [0.2, 0.25) is 0 Å². The number of carbonyl (C=O) groups is 2. The molecule has 0 rings (SSSR count). The van der Waals surface area contributed by atoms with Crippen molar-refractivity contribution in [2.45, 2.75) is 309 Å². The summed E-state index contributed by atoms with van der Waals surface area (Å²) >= 11 is 0. The van der Waals surface area contributed by atoms with Crippen LogP contribution in [0, 0.1) is 0 Å². The van der Waals surface area contributed by atoms with Crippen LogP contribution in [0.5, 0.6) is 0 Å². The summed E-state index contributed by atoms with van der Waals surface area (Å²) in [6.07, 6.45) is 57.7. The average Bonchev–Trinajstić information content (AvgIpc) is 3.25. The summed E-state index contributed by atoms with van der Waals surface area (Å²) in [6.45, 7) is 4.91. The molecule has 3 N–H and O–H groups in total. The predicted molar refractivity (Wildman–Crippen MR) is 260 cm³/mol. The van der Waals surface area contributed by atoms with Gasteiger partial charge in [0.15, 0.2) is 0 Å².